The van der Waals surface area contributed by atoms with Crippen molar-refractivity contribution in [2.24, 2.45) is 0 Å². The molecule has 0 radical (unpaired) electrons. The minimum Gasteiger partial charge on any atom is -0.0531 e. The topological polar surface area (TPSA) is 0 Å². The van der Waals surface area contributed by atoms with E-state index >= 15 is 0 Å². The Morgan fingerprint density at radius 3 is 1.00 bits per heavy atom. The first kappa shape index (κ1) is 3.77. The molecule has 0 heterocycles. The van der Waals surface area contributed by atoms with E-state index in [1.807, 2.05) is 0 Å². The first-order chi connectivity index (χ1) is 4.97. The molecule has 4 aromatic carbocycles. The normalized spacial score (nSPS) is 14.0. The van der Waals surface area contributed by atoms with Gasteiger partial charge >= 0.3 is 0 Å². The summed E-state index contributed by atoms with van der Waals surface area (Å²) in [6.45, 7) is 0. The van der Waals surface area contributed by atoms with Crippen LogP contribution in [0.1, 0.15) is 0 Å². The summed E-state index contributed by atoms with van der Waals surface area (Å²) in [5.41, 5.74) is 0. The average Bonchev–Trinajstić information content (AvgIpc) is 1.82. The molecule has 0 spiro atoms. The molecule has 4 aromatic rings. The molecule has 0 saturated heterocycles. The first-order valence-corrected chi connectivity index (χ1v) is 3.57. The summed E-state index contributed by atoms with van der Waals surface area (Å²) >= 11 is 0. The summed E-state index contributed by atoms with van der Waals surface area (Å²) in [5.74, 6) is 0. The number of hydrogen-bond acceptors (Lipinski definition) is 0. The third-order valence-electron chi connectivity index (χ3n) is 2.74. The van der Waals surface area contributed by atoms with E-state index in [1.54, 1.807) is 10.8 Å². The lowest BCUT2D eigenvalue weighted by Gasteiger charge is -2.24. The van der Waals surface area contributed by atoms with Gasteiger partial charge in [-0.3, -0.25) is 0 Å². The van der Waals surface area contributed by atoms with Crippen LogP contribution < -0.4 is 0 Å². The lowest BCUT2D eigenvalue weighted by Crippen LogP contribution is -1.96. The van der Waals surface area contributed by atoms with Crippen LogP contribution >= 0.6 is 0 Å². The van der Waals surface area contributed by atoms with Gasteiger partial charge in [0.15, 0.2) is 0 Å². The molecule has 0 atom stereocenters. The summed E-state index contributed by atoms with van der Waals surface area (Å²) in [6.07, 6.45) is 0. The number of benzene rings is 3. The van der Waals surface area contributed by atoms with Crippen LogP contribution in [0.2, 0.25) is 0 Å². The van der Waals surface area contributed by atoms with Crippen molar-refractivity contribution < 1.29 is 0 Å². The van der Waals surface area contributed by atoms with Gasteiger partial charge in [-0.05, 0) is 32.3 Å². The molecule has 0 aromatic heterocycles. The van der Waals surface area contributed by atoms with E-state index in [1.165, 1.54) is 21.5 Å². The van der Waals surface area contributed by atoms with E-state index in [0.29, 0.717) is 0 Å². The molecule has 0 aliphatic heterocycles. The first-order valence-electron chi connectivity index (χ1n) is 3.57. The van der Waals surface area contributed by atoms with Gasteiger partial charge in [0.25, 0.3) is 0 Å². The maximum atomic E-state index is 2.21. The smallest absolute Gasteiger partial charge is 0.00139 e. The molecule has 0 saturated carbocycles. The predicted molar refractivity (Wildman–Crippen MR) is 43.7 cm³/mol. The molecule has 0 fully saturated rings. The summed E-state index contributed by atoms with van der Waals surface area (Å²) < 4.78 is 0. The van der Waals surface area contributed by atoms with Crippen LogP contribution in [-0.4, -0.2) is 0 Å². The molecule has 10 heavy (non-hydrogen) atoms. The van der Waals surface area contributed by atoms with E-state index in [9.17, 15) is 0 Å². The monoisotopic (exact) mass is 124 g/mol. The van der Waals surface area contributed by atoms with Crippen molar-refractivity contribution in [3.05, 3.63) is 24.3 Å². The molecule has 44 valence electrons. The van der Waals surface area contributed by atoms with Crippen molar-refractivity contribution in [2.75, 3.05) is 0 Å². The predicted octanol–water partition coefficient (Wildman–Crippen LogP) is 2.90. The number of fused-ring (bicyclic) bond motifs is 7. The minimum absolute atomic E-state index is 1.51. The second kappa shape index (κ2) is 0.807. The van der Waals surface area contributed by atoms with Crippen LogP contribution in [0.4, 0.5) is 0 Å². The highest BCUT2D eigenvalue weighted by Gasteiger charge is 2.22. The van der Waals surface area contributed by atoms with Crippen molar-refractivity contribution in [1.29, 1.82) is 0 Å². The van der Waals surface area contributed by atoms with Gasteiger partial charge in [0.1, 0.15) is 0 Å². The molecular weight excluding hydrogens is 120 g/mol. The highest BCUT2D eigenvalue weighted by molar-refractivity contribution is 6.48. The quantitative estimate of drug-likeness (QED) is 0.338. The molecule has 4 rings (SSSR count). The molecule has 0 nitrogen and oxygen atoms in total. The van der Waals surface area contributed by atoms with Gasteiger partial charge in [-0.25, -0.2) is 0 Å². The van der Waals surface area contributed by atoms with E-state index in [0.717, 1.165) is 0 Å². The fourth-order valence-corrected chi connectivity index (χ4v) is 2.08. The SMILES string of the molecule is c1cc2c1c1c3ccc3c21. The second-order valence-corrected chi connectivity index (χ2v) is 3.07. The van der Waals surface area contributed by atoms with Gasteiger partial charge < -0.3 is 0 Å². The Balaban J connectivity index is 2.54. The van der Waals surface area contributed by atoms with Crippen LogP contribution in [-0.2, 0) is 0 Å². The Bertz CT molecular complexity index is 474. The van der Waals surface area contributed by atoms with E-state index in [2.05, 4.69) is 24.3 Å². The number of hydrogen-bond donors (Lipinski definition) is 0. The van der Waals surface area contributed by atoms with E-state index in [-0.39, 0.29) is 0 Å². The Labute approximate surface area is 57.4 Å². The lowest BCUT2D eigenvalue weighted by atomic mass is 9.78. The molecule has 0 unspecified atom stereocenters. The summed E-state index contributed by atoms with van der Waals surface area (Å²) in [4.78, 5) is 0. The van der Waals surface area contributed by atoms with Gasteiger partial charge in [0.2, 0.25) is 0 Å². The van der Waals surface area contributed by atoms with Gasteiger partial charge in [0, 0.05) is 0 Å². The Hall–Kier alpha value is -1.30. The molecule has 0 aliphatic carbocycles. The summed E-state index contributed by atoms with van der Waals surface area (Å²) in [7, 11) is 0. The standard InChI is InChI=1S/C10H4/c1-2-6-5(1)9-7-3-4-8(7)10(6)9/h1-4H. The molecular formula is C10H4. The molecule has 0 N–H and O–H groups in total. The zero-order chi connectivity index (χ0) is 6.29. The minimum atomic E-state index is 1.51. The van der Waals surface area contributed by atoms with E-state index in [4.69, 9.17) is 0 Å². The fraction of sp³-hybridized carbons (Fsp3) is 0. The maximum Gasteiger partial charge on any atom is -0.00139 e. The third-order valence-corrected chi connectivity index (χ3v) is 2.74. The Kier molecular flexibility index (Phi) is 0.304. The van der Waals surface area contributed by atoms with Crippen LogP contribution in [0, 0.1) is 0 Å². The van der Waals surface area contributed by atoms with E-state index < -0.39 is 0 Å². The highest BCUT2D eigenvalue weighted by atomic mass is 14.2. The van der Waals surface area contributed by atoms with Crippen LogP contribution in [0.15, 0.2) is 24.3 Å². The molecule has 0 aliphatic rings. The largest absolute Gasteiger partial charge is 0.0531 e. The van der Waals surface area contributed by atoms with Crippen molar-refractivity contribution >= 4 is 32.3 Å². The van der Waals surface area contributed by atoms with Crippen LogP contribution in [0.5, 0.6) is 0 Å². The van der Waals surface area contributed by atoms with Crippen LogP contribution in [0.3, 0.4) is 0 Å². The number of rotatable bonds is 0. The van der Waals surface area contributed by atoms with Crippen LogP contribution in [0.25, 0.3) is 32.3 Å². The zero-order valence-corrected chi connectivity index (χ0v) is 5.31. The van der Waals surface area contributed by atoms with Gasteiger partial charge in [-0.1, -0.05) is 24.3 Å². The third kappa shape index (κ3) is 0.162. The fourth-order valence-electron chi connectivity index (χ4n) is 2.08. The van der Waals surface area contributed by atoms with Crippen molar-refractivity contribution in [3.8, 4) is 0 Å². The van der Waals surface area contributed by atoms with Crippen molar-refractivity contribution in [2.45, 2.75) is 0 Å². The Morgan fingerprint density at radius 2 is 0.800 bits per heavy atom. The maximum absolute atomic E-state index is 2.21. The lowest BCUT2D eigenvalue weighted by molar-refractivity contribution is 1.82. The average molecular weight is 124 g/mol. The summed E-state index contributed by atoms with van der Waals surface area (Å²) in [5, 5.41) is 9.15. The van der Waals surface area contributed by atoms with Gasteiger partial charge in [0.05, 0.1) is 0 Å². The second-order valence-electron chi connectivity index (χ2n) is 3.07. The van der Waals surface area contributed by atoms with Gasteiger partial charge in [-0.15, -0.1) is 0 Å². The zero-order valence-electron chi connectivity index (χ0n) is 5.31. The molecule has 0 heteroatoms. The molecule has 0 bridgehead atoms. The van der Waals surface area contributed by atoms with Crippen molar-refractivity contribution in [1.82, 2.24) is 0 Å². The molecule has 0 amide bonds. The Morgan fingerprint density at radius 1 is 0.500 bits per heavy atom. The van der Waals surface area contributed by atoms with Gasteiger partial charge in [-0.2, -0.15) is 0 Å². The van der Waals surface area contributed by atoms with Crippen molar-refractivity contribution in [3.63, 3.8) is 0 Å². The summed E-state index contributed by atoms with van der Waals surface area (Å²) in [6, 6.07) is 8.85. The highest BCUT2D eigenvalue weighted by Crippen LogP contribution is 2.51.